The van der Waals surface area contributed by atoms with Crippen molar-refractivity contribution in [1.29, 1.82) is 0 Å². The molecule has 8 nitrogen and oxygen atoms in total. The number of nitrogens with one attached hydrogen (secondary N) is 1. The lowest BCUT2D eigenvalue weighted by molar-refractivity contribution is -0.0927. The summed E-state index contributed by atoms with van der Waals surface area (Å²) in [5.41, 5.74) is 0.533. The van der Waals surface area contributed by atoms with Crippen LogP contribution in [-0.2, 0) is 29.7 Å². The zero-order valence-electron chi connectivity index (χ0n) is 18.6. The maximum Gasteiger partial charge on any atom is 0.410 e. The predicted molar refractivity (Wildman–Crippen MR) is 115 cm³/mol. The second-order valence-corrected chi connectivity index (χ2v) is 9.88. The highest BCUT2D eigenvalue weighted by molar-refractivity contribution is 7.51. The molecule has 2 atom stereocenters. The van der Waals surface area contributed by atoms with E-state index in [4.69, 9.17) is 18.5 Å². The van der Waals surface area contributed by atoms with E-state index in [1.165, 1.54) is 0 Å². The number of amides is 1. The Balaban J connectivity index is 2.07. The quantitative estimate of drug-likeness (QED) is 0.569. The minimum absolute atomic E-state index is 0.201. The summed E-state index contributed by atoms with van der Waals surface area (Å²) in [5.74, 6) is 0. The second kappa shape index (κ2) is 11.3. The van der Waals surface area contributed by atoms with Crippen molar-refractivity contribution in [3.63, 3.8) is 0 Å². The number of ether oxygens (including phenoxy) is 2. The molecular formula is C21H35N2O6P. The molecule has 1 amide bonds. The number of piperidine rings is 1. The number of benzene rings is 1. The average molecular weight is 442 g/mol. The van der Waals surface area contributed by atoms with Crippen LogP contribution >= 0.6 is 7.75 Å². The van der Waals surface area contributed by atoms with Gasteiger partial charge in [0.2, 0.25) is 0 Å². The highest BCUT2D eigenvalue weighted by Crippen LogP contribution is 2.45. The van der Waals surface area contributed by atoms with E-state index in [2.05, 4.69) is 5.09 Å². The molecule has 1 aromatic rings. The van der Waals surface area contributed by atoms with Gasteiger partial charge in [-0.3, -0.25) is 9.05 Å². The van der Waals surface area contributed by atoms with Crippen LogP contribution in [0, 0.1) is 0 Å². The van der Waals surface area contributed by atoms with Gasteiger partial charge in [0, 0.05) is 13.1 Å². The molecule has 0 unspecified atom stereocenters. The van der Waals surface area contributed by atoms with Gasteiger partial charge in [-0.2, -0.15) is 0 Å². The molecule has 1 saturated heterocycles. The Kier molecular flexibility index (Phi) is 9.31. The van der Waals surface area contributed by atoms with Gasteiger partial charge >= 0.3 is 13.8 Å². The minimum atomic E-state index is -3.52. The number of hydrogen-bond acceptors (Lipinski definition) is 6. The van der Waals surface area contributed by atoms with Crippen LogP contribution in [-0.4, -0.2) is 55.0 Å². The number of carbonyl (C=O) groups excluding carboxylic acids is 1. The summed E-state index contributed by atoms with van der Waals surface area (Å²) in [4.78, 5) is 14.2. The Morgan fingerprint density at radius 3 is 2.37 bits per heavy atom. The van der Waals surface area contributed by atoms with Gasteiger partial charge < -0.3 is 14.4 Å². The van der Waals surface area contributed by atoms with Crippen LogP contribution in [0.1, 0.15) is 46.6 Å². The standard InChI is InChI=1S/C21H35N2O6P/c1-6-27-30(25,28-7-2)22-18-15-23(14-13-19(18)29-21(3,4)5)20(24)26-16-17-11-9-8-10-12-17/h8-12,18-19H,6-7,13-16H2,1-5H3,(H,22,25)/t18-,19-/m1/s1. The molecule has 1 aliphatic rings. The van der Waals surface area contributed by atoms with Gasteiger partial charge in [-0.15, -0.1) is 0 Å². The van der Waals surface area contributed by atoms with Crippen molar-refractivity contribution in [2.45, 2.75) is 65.4 Å². The normalized spacial score (nSPS) is 20.2. The monoisotopic (exact) mass is 442 g/mol. The van der Waals surface area contributed by atoms with Crippen LogP contribution in [0.4, 0.5) is 4.79 Å². The number of carbonyl (C=O) groups is 1. The predicted octanol–water partition coefficient (Wildman–Crippen LogP) is 4.35. The van der Waals surface area contributed by atoms with Crippen LogP contribution in [0.5, 0.6) is 0 Å². The van der Waals surface area contributed by atoms with Gasteiger partial charge in [-0.05, 0) is 46.6 Å². The van der Waals surface area contributed by atoms with Crippen molar-refractivity contribution in [3.8, 4) is 0 Å². The average Bonchev–Trinajstić information content (AvgIpc) is 2.67. The van der Waals surface area contributed by atoms with E-state index in [0.717, 1.165) is 5.56 Å². The van der Waals surface area contributed by atoms with Crippen LogP contribution in [0.3, 0.4) is 0 Å². The summed E-state index contributed by atoms with van der Waals surface area (Å²) < 4.78 is 35.4. The molecule has 1 aromatic carbocycles. The van der Waals surface area contributed by atoms with Crippen molar-refractivity contribution in [1.82, 2.24) is 9.99 Å². The number of likely N-dealkylation sites (tertiary alicyclic amines) is 1. The van der Waals surface area contributed by atoms with Crippen molar-refractivity contribution in [3.05, 3.63) is 35.9 Å². The Bertz CT molecular complexity index is 699. The summed E-state index contributed by atoms with van der Waals surface area (Å²) in [6.45, 7) is 10.9. The first-order valence-corrected chi connectivity index (χ1v) is 12.0. The molecule has 1 heterocycles. The van der Waals surface area contributed by atoms with Gasteiger partial charge in [0.25, 0.3) is 0 Å². The van der Waals surface area contributed by atoms with Crippen LogP contribution < -0.4 is 5.09 Å². The third kappa shape index (κ3) is 8.00. The van der Waals surface area contributed by atoms with Gasteiger partial charge in [0.05, 0.1) is 31.0 Å². The van der Waals surface area contributed by atoms with Crippen molar-refractivity contribution in [2.24, 2.45) is 0 Å². The molecule has 0 saturated carbocycles. The Morgan fingerprint density at radius 2 is 1.80 bits per heavy atom. The Hall–Kier alpha value is -1.44. The zero-order valence-corrected chi connectivity index (χ0v) is 19.5. The summed E-state index contributed by atoms with van der Waals surface area (Å²) in [5, 5.41) is 3.00. The SMILES string of the molecule is CCOP(=O)(N[C@@H]1CN(C(=O)OCc2ccccc2)CC[C@H]1OC(C)(C)C)OCC. The van der Waals surface area contributed by atoms with E-state index in [-0.39, 0.29) is 38.1 Å². The molecule has 0 spiro atoms. The molecule has 2 rings (SSSR count). The summed E-state index contributed by atoms with van der Waals surface area (Å²) in [6, 6.07) is 9.10. The van der Waals surface area contributed by atoms with Gasteiger partial charge in [0.1, 0.15) is 6.61 Å². The lowest BCUT2D eigenvalue weighted by Crippen LogP contribution is -2.56. The van der Waals surface area contributed by atoms with E-state index in [1.54, 1.807) is 18.7 Å². The largest absolute Gasteiger partial charge is 0.445 e. The molecule has 1 N–H and O–H groups in total. The number of nitrogens with zero attached hydrogens (tertiary/aromatic N) is 1. The summed E-state index contributed by atoms with van der Waals surface area (Å²) in [7, 11) is -3.52. The molecule has 9 heteroatoms. The zero-order chi connectivity index (χ0) is 22.2. The van der Waals surface area contributed by atoms with Crippen molar-refractivity contribution >= 4 is 13.8 Å². The molecule has 0 bridgehead atoms. The van der Waals surface area contributed by atoms with E-state index in [0.29, 0.717) is 13.0 Å². The molecule has 1 fully saturated rings. The van der Waals surface area contributed by atoms with Crippen LogP contribution in [0.25, 0.3) is 0 Å². The highest BCUT2D eigenvalue weighted by atomic mass is 31.2. The van der Waals surface area contributed by atoms with Gasteiger partial charge in [-0.1, -0.05) is 30.3 Å². The molecule has 0 aromatic heterocycles. The second-order valence-electron chi connectivity index (χ2n) is 8.11. The van der Waals surface area contributed by atoms with Crippen LogP contribution in [0.15, 0.2) is 30.3 Å². The first-order chi connectivity index (χ1) is 14.2. The number of hydrogen-bond donors (Lipinski definition) is 1. The van der Waals surface area contributed by atoms with E-state index < -0.39 is 19.9 Å². The molecule has 0 aliphatic carbocycles. The Labute approximate surface area is 179 Å². The minimum Gasteiger partial charge on any atom is -0.445 e. The van der Waals surface area contributed by atoms with E-state index >= 15 is 0 Å². The van der Waals surface area contributed by atoms with Crippen LogP contribution in [0.2, 0.25) is 0 Å². The highest BCUT2D eigenvalue weighted by Gasteiger charge is 2.39. The lowest BCUT2D eigenvalue weighted by atomic mass is 10.0. The molecule has 170 valence electrons. The molecule has 30 heavy (non-hydrogen) atoms. The fourth-order valence-corrected chi connectivity index (χ4v) is 4.84. The summed E-state index contributed by atoms with van der Waals surface area (Å²) in [6.07, 6.45) is -0.0897. The third-order valence-electron chi connectivity index (χ3n) is 4.44. The lowest BCUT2D eigenvalue weighted by Gasteiger charge is -2.41. The fraction of sp³-hybridized carbons (Fsp3) is 0.667. The van der Waals surface area contributed by atoms with E-state index in [1.807, 2.05) is 51.1 Å². The topological polar surface area (TPSA) is 86.3 Å². The van der Waals surface area contributed by atoms with Crippen molar-refractivity contribution < 1.29 is 27.9 Å². The molecule has 0 radical (unpaired) electrons. The summed E-state index contributed by atoms with van der Waals surface area (Å²) >= 11 is 0. The third-order valence-corrected chi connectivity index (χ3v) is 6.28. The first-order valence-electron chi connectivity index (χ1n) is 10.5. The molecular weight excluding hydrogens is 407 g/mol. The maximum absolute atomic E-state index is 13.0. The number of rotatable bonds is 9. The van der Waals surface area contributed by atoms with Gasteiger partial charge in [-0.25, -0.2) is 14.4 Å². The van der Waals surface area contributed by atoms with E-state index in [9.17, 15) is 9.36 Å². The fourth-order valence-electron chi connectivity index (χ4n) is 3.28. The van der Waals surface area contributed by atoms with Gasteiger partial charge in [0.15, 0.2) is 0 Å². The smallest absolute Gasteiger partial charge is 0.410 e. The maximum atomic E-state index is 13.0. The molecule has 1 aliphatic heterocycles. The van der Waals surface area contributed by atoms with Crippen molar-refractivity contribution in [2.75, 3.05) is 26.3 Å². The first kappa shape index (κ1) is 24.8. The Morgan fingerprint density at radius 1 is 1.17 bits per heavy atom.